The number of hydrogen-bond acceptors (Lipinski definition) is 3. The SMILES string of the molecule is O=C(NC1N=C(c2ccccc2F)c2cccc3c2N(CCC3)C1=O)c1cc2ccccc2[nH]1. The number of carbonyl (C=O) groups is 2. The van der Waals surface area contributed by atoms with Crippen molar-refractivity contribution in [3.63, 3.8) is 0 Å². The smallest absolute Gasteiger partial charge is 0.272 e. The van der Waals surface area contributed by atoms with Gasteiger partial charge in [0.25, 0.3) is 11.8 Å². The maximum atomic E-state index is 14.9. The lowest BCUT2D eigenvalue weighted by atomic mass is 9.93. The van der Waals surface area contributed by atoms with Crippen LogP contribution in [0.5, 0.6) is 0 Å². The predicted octanol–water partition coefficient (Wildman–Crippen LogP) is 4.19. The van der Waals surface area contributed by atoms with E-state index < -0.39 is 17.9 Å². The fourth-order valence-electron chi connectivity index (χ4n) is 4.82. The van der Waals surface area contributed by atoms with E-state index in [1.807, 2.05) is 42.5 Å². The monoisotopic (exact) mass is 452 g/mol. The third-order valence-corrected chi connectivity index (χ3v) is 6.40. The number of nitrogens with zero attached hydrogens (tertiary/aromatic N) is 2. The molecule has 0 spiro atoms. The normalized spacial score (nSPS) is 17.2. The molecule has 0 saturated heterocycles. The summed E-state index contributed by atoms with van der Waals surface area (Å²) in [6, 6.07) is 21.4. The highest BCUT2D eigenvalue weighted by molar-refractivity contribution is 6.21. The maximum absolute atomic E-state index is 14.9. The number of carbonyl (C=O) groups excluding carboxylic acids is 2. The van der Waals surface area contributed by atoms with Crippen molar-refractivity contribution in [1.29, 1.82) is 0 Å². The van der Waals surface area contributed by atoms with E-state index in [0.29, 0.717) is 29.1 Å². The molecule has 4 aromatic rings. The Labute approximate surface area is 195 Å². The van der Waals surface area contributed by atoms with E-state index in [1.165, 1.54) is 6.07 Å². The number of nitrogens with one attached hydrogen (secondary N) is 2. The van der Waals surface area contributed by atoms with Gasteiger partial charge in [0.1, 0.15) is 11.5 Å². The van der Waals surface area contributed by atoms with Crippen LogP contribution in [0.15, 0.2) is 77.8 Å². The number of aromatic amines is 1. The number of hydrogen-bond donors (Lipinski definition) is 2. The Hall–Kier alpha value is -4.26. The molecule has 0 saturated carbocycles. The lowest BCUT2D eigenvalue weighted by Crippen LogP contribution is -2.48. The number of amides is 2. The number of aryl methyl sites for hydroxylation is 1. The summed E-state index contributed by atoms with van der Waals surface area (Å²) >= 11 is 0. The number of halogens is 1. The molecule has 2 amide bonds. The van der Waals surface area contributed by atoms with Gasteiger partial charge >= 0.3 is 0 Å². The molecule has 1 unspecified atom stereocenters. The number of rotatable bonds is 3. The minimum absolute atomic E-state index is 0.293. The molecule has 6 nitrogen and oxygen atoms in total. The average Bonchev–Trinajstić information content (AvgIpc) is 3.26. The maximum Gasteiger partial charge on any atom is 0.272 e. The van der Waals surface area contributed by atoms with Crippen molar-refractivity contribution in [3.8, 4) is 0 Å². The fraction of sp³-hybridized carbons (Fsp3) is 0.148. The van der Waals surface area contributed by atoms with Crippen molar-refractivity contribution in [2.24, 2.45) is 4.99 Å². The molecule has 2 aliphatic rings. The van der Waals surface area contributed by atoms with Crippen LogP contribution in [0.4, 0.5) is 10.1 Å². The quantitative estimate of drug-likeness (QED) is 0.489. The molecule has 0 bridgehead atoms. The second-order valence-electron chi connectivity index (χ2n) is 8.51. The molecule has 6 rings (SSSR count). The minimum Gasteiger partial charge on any atom is -0.351 e. The molecule has 168 valence electrons. The molecule has 2 aliphatic heterocycles. The van der Waals surface area contributed by atoms with Gasteiger partial charge in [0.2, 0.25) is 6.17 Å². The molecule has 7 heteroatoms. The summed E-state index contributed by atoms with van der Waals surface area (Å²) in [6.45, 7) is 0.516. The molecule has 2 N–H and O–H groups in total. The van der Waals surface area contributed by atoms with Crippen LogP contribution in [0, 0.1) is 5.82 Å². The van der Waals surface area contributed by atoms with E-state index in [0.717, 1.165) is 35.0 Å². The lowest BCUT2D eigenvalue weighted by Gasteiger charge is -2.31. The zero-order chi connectivity index (χ0) is 23.2. The molecule has 1 aromatic heterocycles. The van der Waals surface area contributed by atoms with Gasteiger partial charge in [-0.15, -0.1) is 0 Å². The highest BCUT2D eigenvalue weighted by atomic mass is 19.1. The van der Waals surface area contributed by atoms with Gasteiger partial charge in [-0.2, -0.15) is 0 Å². The van der Waals surface area contributed by atoms with Crippen molar-refractivity contribution in [2.75, 3.05) is 11.4 Å². The van der Waals surface area contributed by atoms with E-state index in [4.69, 9.17) is 0 Å². The molecule has 1 atom stereocenters. The molecule has 0 radical (unpaired) electrons. The van der Waals surface area contributed by atoms with Crippen molar-refractivity contribution < 1.29 is 14.0 Å². The molecular weight excluding hydrogens is 431 g/mol. The van der Waals surface area contributed by atoms with E-state index in [1.54, 1.807) is 29.2 Å². The Morgan fingerprint density at radius 1 is 1.03 bits per heavy atom. The summed E-state index contributed by atoms with van der Waals surface area (Å²) < 4.78 is 14.9. The van der Waals surface area contributed by atoms with Crippen LogP contribution in [-0.4, -0.2) is 35.2 Å². The lowest BCUT2D eigenvalue weighted by molar-refractivity contribution is -0.120. The van der Waals surface area contributed by atoms with E-state index in [2.05, 4.69) is 15.3 Å². The number of H-pyrrole nitrogens is 1. The number of benzene rings is 3. The molecule has 0 aliphatic carbocycles. The van der Waals surface area contributed by atoms with Crippen molar-refractivity contribution in [2.45, 2.75) is 19.0 Å². The first-order valence-corrected chi connectivity index (χ1v) is 11.2. The Balaban J connectivity index is 1.46. The Bertz CT molecular complexity index is 1460. The number of fused-ring (bicyclic) bond motifs is 1. The number of para-hydroxylation sites is 2. The van der Waals surface area contributed by atoms with Gasteiger partial charge in [-0.3, -0.25) is 9.59 Å². The first kappa shape index (κ1) is 20.4. The van der Waals surface area contributed by atoms with Crippen molar-refractivity contribution in [3.05, 3.63) is 101 Å². The molecule has 34 heavy (non-hydrogen) atoms. The molecule has 3 aromatic carbocycles. The van der Waals surface area contributed by atoms with Crippen LogP contribution < -0.4 is 10.2 Å². The van der Waals surface area contributed by atoms with Crippen LogP contribution in [0.1, 0.15) is 33.6 Å². The standard InChI is InChI=1S/C27H21FN4O2/c28-20-12-3-2-10-18(20)23-19-11-5-8-16-9-6-14-32(24(16)19)27(34)25(30-23)31-26(33)22-15-17-7-1-4-13-21(17)29-22/h1-5,7-8,10-13,15,25,29H,6,9,14H2,(H,31,33). The van der Waals surface area contributed by atoms with E-state index in [-0.39, 0.29) is 5.91 Å². The van der Waals surface area contributed by atoms with Gasteiger partial charge in [-0.25, -0.2) is 9.38 Å². The summed E-state index contributed by atoms with van der Waals surface area (Å²) in [6.07, 6.45) is 0.440. The van der Waals surface area contributed by atoms with Gasteiger partial charge in [0.15, 0.2) is 0 Å². The highest BCUT2D eigenvalue weighted by Crippen LogP contribution is 2.35. The number of anilines is 1. The van der Waals surface area contributed by atoms with Gasteiger partial charge in [0, 0.05) is 28.6 Å². The van der Waals surface area contributed by atoms with Crippen LogP contribution in [0.2, 0.25) is 0 Å². The van der Waals surface area contributed by atoms with Gasteiger partial charge in [-0.05, 0) is 42.7 Å². The first-order valence-electron chi connectivity index (χ1n) is 11.2. The fourth-order valence-corrected chi connectivity index (χ4v) is 4.82. The summed E-state index contributed by atoms with van der Waals surface area (Å²) in [7, 11) is 0. The molecule has 3 heterocycles. The summed E-state index contributed by atoms with van der Waals surface area (Å²) in [5.74, 6) is -1.21. The van der Waals surface area contributed by atoms with Crippen LogP contribution in [-0.2, 0) is 11.2 Å². The van der Waals surface area contributed by atoms with Gasteiger partial charge in [-0.1, -0.05) is 48.5 Å². The second-order valence-corrected chi connectivity index (χ2v) is 8.51. The van der Waals surface area contributed by atoms with E-state index in [9.17, 15) is 14.0 Å². The van der Waals surface area contributed by atoms with Crippen molar-refractivity contribution in [1.82, 2.24) is 10.3 Å². The summed E-state index contributed by atoms with van der Waals surface area (Å²) in [5, 5.41) is 3.67. The zero-order valence-corrected chi connectivity index (χ0v) is 18.2. The van der Waals surface area contributed by atoms with E-state index >= 15 is 0 Å². The third-order valence-electron chi connectivity index (χ3n) is 6.40. The van der Waals surface area contributed by atoms with Crippen LogP contribution in [0.3, 0.4) is 0 Å². The number of aliphatic imine (C=N–C) groups is 1. The van der Waals surface area contributed by atoms with Gasteiger partial charge < -0.3 is 15.2 Å². The van der Waals surface area contributed by atoms with Crippen LogP contribution >= 0.6 is 0 Å². The second kappa shape index (κ2) is 7.95. The third kappa shape index (κ3) is 3.28. The van der Waals surface area contributed by atoms with Gasteiger partial charge in [0.05, 0.1) is 11.4 Å². The average molecular weight is 452 g/mol. The topological polar surface area (TPSA) is 77.6 Å². The first-order chi connectivity index (χ1) is 16.6. The Kier molecular flexibility index (Phi) is 4.76. The zero-order valence-electron chi connectivity index (χ0n) is 18.2. The summed E-state index contributed by atoms with van der Waals surface area (Å²) in [5.41, 5.74) is 4.27. The minimum atomic E-state index is -1.19. The molecular formula is C27H21FN4O2. The summed E-state index contributed by atoms with van der Waals surface area (Å²) in [4.78, 5) is 36.2. The van der Waals surface area contributed by atoms with Crippen molar-refractivity contribution >= 4 is 34.1 Å². The molecule has 0 fully saturated rings. The number of aromatic nitrogens is 1. The highest BCUT2D eigenvalue weighted by Gasteiger charge is 2.36. The predicted molar refractivity (Wildman–Crippen MR) is 129 cm³/mol. The largest absolute Gasteiger partial charge is 0.351 e. The Morgan fingerprint density at radius 3 is 2.68 bits per heavy atom. The van der Waals surface area contributed by atoms with Crippen LogP contribution in [0.25, 0.3) is 10.9 Å². The Morgan fingerprint density at radius 2 is 1.82 bits per heavy atom.